The van der Waals surface area contributed by atoms with Gasteiger partial charge in [-0.2, -0.15) is 0 Å². The Balaban J connectivity index is 1.78. The maximum absolute atomic E-state index is 11.9. The number of benzene rings is 1. The lowest BCUT2D eigenvalue weighted by molar-refractivity contribution is -0.133. The molecule has 1 saturated heterocycles. The van der Waals surface area contributed by atoms with E-state index in [0.717, 1.165) is 5.56 Å². The second-order valence-electron chi connectivity index (χ2n) is 5.05. The van der Waals surface area contributed by atoms with Crippen molar-refractivity contribution >= 4 is 15.7 Å². The highest BCUT2D eigenvalue weighted by atomic mass is 32.2. The van der Waals surface area contributed by atoms with Crippen LogP contribution in [-0.4, -0.2) is 38.0 Å². The molecule has 1 aliphatic heterocycles. The van der Waals surface area contributed by atoms with E-state index in [0.29, 0.717) is 13.0 Å². The van der Waals surface area contributed by atoms with Crippen LogP contribution in [0.15, 0.2) is 30.3 Å². The number of sulfone groups is 1. The number of carbonyl (C=O) groups excluding carboxylic acids is 1. The highest BCUT2D eigenvalue weighted by Gasteiger charge is 2.30. The molecule has 1 heterocycles. The zero-order valence-electron chi connectivity index (χ0n) is 11.4. The van der Waals surface area contributed by atoms with Crippen molar-refractivity contribution in [2.24, 2.45) is 0 Å². The summed E-state index contributed by atoms with van der Waals surface area (Å²) in [4.78, 5) is 11.9. The summed E-state index contributed by atoms with van der Waals surface area (Å²) in [6.07, 6.45) is -0.113. The molecule has 0 radical (unpaired) electrons. The third kappa shape index (κ3) is 4.31. The molecular formula is C14H19NO4S. The Kier molecular flexibility index (Phi) is 4.77. The van der Waals surface area contributed by atoms with E-state index in [1.54, 1.807) is 6.92 Å². The van der Waals surface area contributed by atoms with Crippen LogP contribution in [0.3, 0.4) is 0 Å². The molecule has 0 aliphatic carbocycles. The maximum atomic E-state index is 11.9. The molecule has 0 unspecified atom stereocenters. The Bertz CT molecular complexity index is 556. The molecular weight excluding hydrogens is 278 g/mol. The van der Waals surface area contributed by atoms with E-state index in [1.807, 2.05) is 30.3 Å². The van der Waals surface area contributed by atoms with Gasteiger partial charge < -0.3 is 10.1 Å². The minimum Gasteiger partial charge on any atom is -0.364 e. The molecule has 6 heteroatoms. The third-order valence-electron chi connectivity index (χ3n) is 3.29. The Morgan fingerprint density at radius 3 is 2.70 bits per heavy atom. The zero-order valence-corrected chi connectivity index (χ0v) is 12.2. The minimum absolute atomic E-state index is 0.0319. The topological polar surface area (TPSA) is 72.5 Å². The van der Waals surface area contributed by atoms with E-state index in [-0.39, 0.29) is 23.5 Å². The first-order valence-corrected chi connectivity index (χ1v) is 8.45. The first-order valence-electron chi connectivity index (χ1n) is 6.62. The van der Waals surface area contributed by atoms with Crippen LogP contribution in [0.4, 0.5) is 0 Å². The van der Waals surface area contributed by atoms with Crippen LogP contribution in [-0.2, 0) is 26.0 Å². The van der Waals surface area contributed by atoms with E-state index >= 15 is 0 Å². The SMILES string of the molecule is C[C@H](OCc1ccccc1)C(=O)N[C@@H]1CCS(=O)(=O)C1. The van der Waals surface area contributed by atoms with Crippen molar-refractivity contribution in [1.82, 2.24) is 5.32 Å². The Hall–Kier alpha value is -1.40. The fourth-order valence-corrected chi connectivity index (χ4v) is 3.77. The number of carbonyl (C=O) groups is 1. The molecule has 2 rings (SSSR count). The van der Waals surface area contributed by atoms with E-state index in [1.165, 1.54) is 0 Å². The molecule has 110 valence electrons. The molecule has 1 aromatic rings. The zero-order chi connectivity index (χ0) is 14.6. The highest BCUT2D eigenvalue weighted by Crippen LogP contribution is 2.12. The van der Waals surface area contributed by atoms with Crippen LogP contribution >= 0.6 is 0 Å². The van der Waals surface area contributed by atoms with Crippen LogP contribution in [0.1, 0.15) is 18.9 Å². The van der Waals surface area contributed by atoms with Crippen LogP contribution in [0.25, 0.3) is 0 Å². The summed E-state index contributed by atoms with van der Waals surface area (Å²) in [6.45, 7) is 2.03. The van der Waals surface area contributed by atoms with Gasteiger partial charge in [0.2, 0.25) is 5.91 Å². The normalized spacial score (nSPS) is 22.4. The van der Waals surface area contributed by atoms with Crippen molar-refractivity contribution in [2.75, 3.05) is 11.5 Å². The molecule has 1 aromatic carbocycles. The van der Waals surface area contributed by atoms with Crippen molar-refractivity contribution in [3.8, 4) is 0 Å². The Labute approximate surface area is 119 Å². The molecule has 1 amide bonds. The molecule has 0 spiro atoms. The summed E-state index contributed by atoms with van der Waals surface area (Å²) in [5.41, 5.74) is 0.996. The second kappa shape index (κ2) is 6.37. The van der Waals surface area contributed by atoms with Crippen LogP contribution < -0.4 is 5.32 Å². The van der Waals surface area contributed by atoms with Gasteiger partial charge in [-0.3, -0.25) is 4.79 Å². The lowest BCUT2D eigenvalue weighted by Gasteiger charge is -2.16. The van der Waals surface area contributed by atoms with Gasteiger partial charge in [0.25, 0.3) is 0 Å². The molecule has 0 bridgehead atoms. The first kappa shape index (κ1) is 15.0. The number of ether oxygens (including phenoxy) is 1. The molecule has 20 heavy (non-hydrogen) atoms. The van der Waals surface area contributed by atoms with Crippen LogP contribution in [0.5, 0.6) is 0 Å². The van der Waals surface area contributed by atoms with Crippen molar-refractivity contribution < 1.29 is 17.9 Å². The number of rotatable bonds is 5. The summed E-state index contributed by atoms with van der Waals surface area (Å²) in [5.74, 6) is -0.0792. The molecule has 1 fully saturated rings. The second-order valence-corrected chi connectivity index (χ2v) is 7.28. The number of hydrogen-bond acceptors (Lipinski definition) is 4. The smallest absolute Gasteiger partial charge is 0.249 e. The summed E-state index contributed by atoms with van der Waals surface area (Å²) < 4.78 is 28.1. The van der Waals surface area contributed by atoms with E-state index in [4.69, 9.17) is 4.74 Å². The Morgan fingerprint density at radius 2 is 2.10 bits per heavy atom. The minimum atomic E-state index is -2.98. The monoisotopic (exact) mass is 297 g/mol. The third-order valence-corrected chi connectivity index (χ3v) is 5.06. The van der Waals surface area contributed by atoms with E-state index < -0.39 is 15.9 Å². The van der Waals surface area contributed by atoms with Gasteiger partial charge >= 0.3 is 0 Å². The van der Waals surface area contributed by atoms with Gasteiger partial charge in [-0.15, -0.1) is 0 Å². The fourth-order valence-electron chi connectivity index (χ4n) is 2.10. The largest absolute Gasteiger partial charge is 0.364 e. The van der Waals surface area contributed by atoms with Crippen LogP contribution in [0.2, 0.25) is 0 Å². The van der Waals surface area contributed by atoms with E-state index in [9.17, 15) is 13.2 Å². The molecule has 2 atom stereocenters. The highest BCUT2D eigenvalue weighted by molar-refractivity contribution is 7.91. The van der Waals surface area contributed by atoms with Crippen molar-refractivity contribution in [3.05, 3.63) is 35.9 Å². The molecule has 0 saturated carbocycles. The summed E-state index contributed by atoms with van der Waals surface area (Å²) in [5, 5.41) is 2.73. The van der Waals surface area contributed by atoms with E-state index in [2.05, 4.69) is 5.32 Å². The first-order chi connectivity index (χ1) is 9.46. The lowest BCUT2D eigenvalue weighted by Crippen LogP contribution is -2.41. The number of amides is 1. The quantitative estimate of drug-likeness (QED) is 0.876. The molecule has 1 N–H and O–H groups in total. The number of hydrogen-bond donors (Lipinski definition) is 1. The van der Waals surface area contributed by atoms with Gasteiger partial charge in [0.15, 0.2) is 9.84 Å². The summed E-state index contributed by atoms with van der Waals surface area (Å²) in [6, 6.07) is 9.30. The molecule has 1 aliphatic rings. The fraction of sp³-hybridized carbons (Fsp3) is 0.500. The van der Waals surface area contributed by atoms with Gasteiger partial charge in [-0.25, -0.2) is 8.42 Å². The van der Waals surface area contributed by atoms with Gasteiger partial charge in [0, 0.05) is 6.04 Å². The van der Waals surface area contributed by atoms with Gasteiger partial charge in [0.05, 0.1) is 18.1 Å². The van der Waals surface area contributed by atoms with Gasteiger partial charge in [0.1, 0.15) is 6.10 Å². The van der Waals surface area contributed by atoms with Crippen molar-refractivity contribution in [2.45, 2.75) is 32.1 Å². The average molecular weight is 297 g/mol. The number of nitrogens with one attached hydrogen (secondary N) is 1. The Morgan fingerprint density at radius 1 is 1.40 bits per heavy atom. The van der Waals surface area contributed by atoms with Crippen molar-refractivity contribution in [3.63, 3.8) is 0 Å². The summed E-state index contributed by atoms with van der Waals surface area (Å²) >= 11 is 0. The molecule has 5 nitrogen and oxygen atoms in total. The van der Waals surface area contributed by atoms with Gasteiger partial charge in [-0.05, 0) is 18.9 Å². The lowest BCUT2D eigenvalue weighted by atomic mass is 10.2. The van der Waals surface area contributed by atoms with Crippen molar-refractivity contribution in [1.29, 1.82) is 0 Å². The average Bonchev–Trinajstić information content (AvgIpc) is 2.76. The maximum Gasteiger partial charge on any atom is 0.249 e. The van der Waals surface area contributed by atoms with Gasteiger partial charge in [-0.1, -0.05) is 30.3 Å². The predicted molar refractivity (Wildman–Crippen MR) is 75.9 cm³/mol. The molecule has 0 aromatic heterocycles. The van der Waals surface area contributed by atoms with Crippen LogP contribution in [0, 0.1) is 0 Å². The standard InChI is InChI=1S/C14H19NO4S/c1-11(19-9-12-5-3-2-4-6-12)14(16)15-13-7-8-20(17,18)10-13/h2-6,11,13H,7-10H2,1H3,(H,15,16)/t11-,13+/m0/s1. The predicted octanol–water partition coefficient (Wildman–Crippen LogP) is 0.895. The summed E-state index contributed by atoms with van der Waals surface area (Å²) in [7, 11) is -2.98.